The molecule has 1 aromatic carbocycles. The topological polar surface area (TPSA) is 74.4 Å². The molecule has 0 aliphatic rings. The molecule has 110 valence electrons. The van der Waals surface area contributed by atoms with Crippen LogP contribution in [0.4, 0.5) is 5.69 Å². The lowest BCUT2D eigenvalue weighted by atomic mass is 10.2. The zero-order valence-corrected chi connectivity index (χ0v) is 11.9. The SMILES string of the molecule is CCOC(=O)c1ccc(N)c(OCCc2ccccn2)c1. The van der Waals surface area contributed by atoms with Gasteiger partial charge in [-0.3, -0.25) is 4.98 Å². The Kier molecular flexibility index (Phi) is 5.15. The van der Waals surface area contributed by atoms with Crippen LogP contribution < -0.4 is 10.5 Å². The normalized spacial score (nSPS) is 10.1. The molecule has 0 aliphatic heterocycles. The van der Waals surface area contributed by atoms with Gasteiger partial charge in [-0.25, -0.2) is 4.79 Å². The fourth-order valence-corrected chi connectivity index (χ4v) is 1.81. The summed E-state index contributed by atoms with van der Waals surface area (Å²) in [7, 11) is 0. The first-order valence-electron chi connectivity index (χ1n) is 6.80. The molecule has 0 saturated heterocycles. The molecule has 0 fully saturated rings. The Bertz CT molecular complexity index is 600. The highest BCUT2D eigenvalue weighted by Crippen LogP contribution is 2.23. The van der Waals surface area contributed by atoms with E-state index in [1.54, 1.807) is 31.3 Å². The van der Waals surface area contributed by atoms with Gasteiger partial charge < -0.3 is 15.2 Å². The number of rotatable bonds is 6. The minimum Gasteiger partial charge on any atom is -0.491 e. The highest BCUT2D eigenvalue weighted by Gasteiger charge is 2.10. The zero-order valence-electron chi connectivity index (χ0n) is 11.9. The summed E-state index contributed by atoms with van der Waals surface area (Å²) in [5, 5.41) is 0. The molecule has 0 amide bonds. The predicted molar refractivity (Wildman–Crippen MR) is 80.2 cm³/mol. The zero-order chi connectivity index (χ0) is 15.1. The van der Waals surface area contributed by atoms with Crippen molar-refractivity contribution in [3.05, 3.63) is 53.9 Å². The summed E-state index contributed by atoms with van der Waals surface area (Å²) < 4.78 is 10.6. The Morgan fingerprint density at radius 3 is 2.86 bits per heavy atom. The predicted octanol–water partition coefficient (Wildman–Crippen LogP) is 2.46. The molecule has 0 spiro atoms. The van der Waals surface area contributed by atoms with Crippen LogP contribution in [0.25, 0.3) is 0 Å². The first-order chi connectivity index (χ1) is 10.2. The van der Waals surface area contributed by atoms with E-state index in [2.05, 4.69) is 4.98 Å². The maximum absolute atomic E-state index is 11.7. The lowest BCUT2D eigenvalue weighted by Crippen LogP contribution is -2.08. The third-order valence-electron chi connectivity index (χ3n) is 2.87. The molecule has 0 bridgehead atoms. The van der Waals surface area contributed by atoms with Crippen molar-refractivity contribution in [3.63, 3.8) is 0 Å². The summed E-state index contributed by atoms with van der Waals surface area (Å²) in [4.78, 5) is 15.9. The van der Waals surface area contributed by atoms with Gasteiger partial charge in [-0.15, -0.1) is 0 Å². The molecule has 0 aliphatic carbocycles. The van der Waals surface area contributed by atoms with Crippen LogP contribution in [-0.2, 0) is 11.2 Å². The number of aromatic nitrogens is 1. The molecule has 0 saturated carbocycles. The van der Waals surface area contributed by atoms with Gasteiger partial charge in [-0.05, 0) is 37.3 Å². The van der Waals surface area contributed by atoms with E-state index in [9.17, 15) is 4.79 Å². The standard InChI is InChI=1S/C16H18N2O3/c1-2-20-16(19)12-6-7-14(17)15(11-12)21-10-8-13-5-3-4-9-18-13/h3-7,9,11H,2,8,10,17H2,1H3. The van der Waals surface area contributed by atoms with Gasteiger partial charge in [0.15, 0.2) is 0 Å². The second-order valence-corrected chi connectivity index (χ2v) is 4.39. The number of ether oxygens (including phenoxy) is 2. The minimum absolute atomic E-state index is 0.332. The van der Waals surface area contributed by atoms with Crippen molar-refractivity contribution in [1.82, 2.24) is 4.98 Å². The number of pyridine rings is 1. The van der Waals surface area contributed by atoms with Crippen LogP contribution in [0.15, 0.2) is 42.6 Å². The summed E-state index contributed by atoms with van der Waals surface area (Å²) in [5.41, 5.74) is 7.71. The van der Waals surface area contributed by atoms with E-state index in [0.717, 1.165) is 5.69 Å². The number of nitrogens with two attached hydrogens (primary N) is 1. The van der Waals surface area contributed by atoms with Gasteiger partial charge in [0.1, 0.15) is 5.75 Å². The highest BCUT2D eigenvalue weighted by atomic mass is 16.5. The second kappa shape index (κ2) is 7.28. The summed E-state index contributed by atoms with van der Waals surface area (Å²) in [6.45, 7) is 2.53. The quantitative estimate of drug-likeness (QED) is 0.652. The van der Waals surface area contributed by atoms with Crippen LogP contribution >= 0.6 is 0 Å². The minimum atomic E-state index is -0.382. The number of benzene rings is 1. The molecule has 0 unspecified atom stereocenters. The molecule has 0 atom stereocenters. The van der Waals surface area contributed by atoms with Crippen LogP contribution in [0.5, 0.6) is 5.75 Å². The van der Waals surface area contributed by atoms with Crippen molar-refractivity contribution in [3.8, 4) is 5.75 Å². The number of hydrogen-bond donors (Lipinski definition) is 1. The van der Waals surface area contributed by atoms with Gasteiger partial charge in [0.25, 0.3) is 0 Å². The van der Waals surface area contributed by atoms with E-state index in [1.165, 1.54) is 0 Å². The molecule has 2 rings (SSSR count). The first-order valence-corrected chi connectivity index (χ1v) is 6.80. The van der Waals surface area contributed by atoms with Gasteiger partial charge in [0.05, 0.1) is 24.5 Å². The third-order valence-corrected chi connectivity index (χ3v) is 2.87. The molecule has 5 nitrogen and oxygen atoms in total. The van der Waals surface area contributed by atoms with Crippen molar-refractivity contribution >= 4 is 11.7 Å². The summed E-state index contributed by atoms with van der Waals surface area (Å²) in [6, 6.07) is 10.6. The number of carbonyl (C=O) groups is 1. The monoisotopic (exact) mass is 286 g/mol. The fraction of sp³-hybridized carbons (Fsp3) is 0.250. The molecule has 2 N–H and O–H groups in total. The molecule has 5 heteroatoms. The average molecular weight is 286 g/mol. The van der Waals surface area contributed by atoms with Gasteiger partial charge in [-0.1, -0.05) is 6.07 Å². The van der Waals surface area contributed by atoms with Crippen molar-refractivity contribution in [2.24, 2.45) is 0 Å². The van der Waals surface area contributed by atoms with Crippen molar-refractivity contribution in [2.45, 2.75) is 13.3 Å². The third kappa shape index (κ3) is 4.21. The van der Waals surface area contributed by atoms with E-state index in [-0.39, 0.29) is 5.97 Å². The van der Waals surface area contributed by atoms with Crippen molar-refractivity contribution < 1.29 is 14.3 Å². The van der Waals surface area contributed by atoms with Crippen LogP contribution in [0, 0.1) is 0 Å². The van der Waals surface area contributed by atoms with E-state index < -0.39 is 0 Å². The summed E-state index contributed by atoms with van der Waals surface area (Å²) in [6.07, 6.45) is 2.41. The maximum Gasteiger partial charge on any atom is 0.338 e. The number of carbonyl (C=O) groups excluding carboxylic acids is 1. The molecular formula is C16H18N2O3. The number of hydrogen-bond acceptors (Lipinski definition) is 5. The smallest absolute Gasteiger partial charge is 0.338 e. The van der Waals surface area contributed by atoms with E-state index in [4.69, 9.17) is 15.2 Å². The molecule has 21 heavy (non-hydrogen) atoms. The molecule has 2 aromatic rings. The summed E-state index contributed by atoms with van der Waals surface area (Å²) in [5.74, 6) is 0.101. The first kappa shape index (κ1) is 14.8. The fourth-order valence-electron chi connectivity index (χ4n) is 1.81. The molecular weight excluding hydrogens is 268 g/mol. The van der Waals surface area contributed by atoms with Gasteiger partial charge in [0.2, 0.25) is 0 Å². The molecule has 0 radical (unpaired) electrons. The van der Waals surface area contributed by atoms with E-state index in [1.807, 2.05) is 18.2 Å². The Balaban J connectivity index is 1.99. The van der Waals surface area contributed by atoms with Crippen LogP contribution in [0.3, 0.4) is 0 Å². The van der Waals surface area contributed by atoms with Gasteiger partial charge in [0, 0.05) is 18.3 Å². The Morgan fingerprint density at radius 1 is 1.29 bits per heavy atom. The Labute approximate surface area is 123 Å². The number of anilines is 1. The van der Waals surface area contributed by atoms with E-state index in [0.29, 0.717) is 36.6 Å². The van der Waals surface area contributed by atoms with Crippen molar-refractivity contribution in [1.29, 1.82) is 0 Å². The largest absolute Gasteiger partial charge is 0.491 e. The number of nitrogen functional groups attached to an aromatic ring is 1. The molecule has 1 heterocycles. The average Bonchev–Trinajstić information content (AvgIpc) is 2.50. The highest BCUT2D eigenvalue weighted by molar-refractivity contribution is 5.90. The Morgan fingerprint density at radius 2 is 2.14 bits per heavy atom. The van der Waals surface area contributed by atoms with Crippen LogP contribution in [-0.4, -0.2) is 24.2 Å². The van der Waals surface area contributed by atoms with Crippen LogP contribution in [0.2, 0.25) is 0 Å². The number of esters is 1. The second-order valence-electron chi connectivity index (χ2n) is 4.39. The lowest BCUT2D eigenvalue weighted by molar-refractivity contribution is 0.0526. The van der Waals surface area contributed by atoms with E-state index >= 15 is 0 Å². The summed E-state index contributed by atoms with van der Waals surface area (Å²) >= 11 is 0. The lowest BCUT2D eigenvalue weighted by Gasteiger charge is -2.10. The maximum atomic E-state index is 11.7. The molecule has 1 aromatic heterocycles. The van der Waals surface area contributed by atoms with Gasteiger partial charge >= 0.3 is 5.97 Å². The van der Waals surface area contributed by atoms with Crippen LogP contribution in [0.1, 0.15) is 23.0 Å². The van der Waals surface area contributed by atoms with Crippen molar-refractivity contribution in [2.75, 3.05) is 18.9 Å². The van der Waals surface area contributed by atoms with Gasteiger partial charge in [-0.2, -0.15) is 0 Å². The number of nitrogens with zero attached hydrogens (tertiary/aromatic N) is 1. The Hall–Kier alpha value is -2.56.